The number of hydrogen-bond acceptors (Lipinski definition) is 4. The molecule has 21 heavy (non-hydrogen) atoms. The highest BCUT2D eigenvalue weighted by Crippen LogP contribution is 2.42. The van der Waals surface area contributed by atoms with E-state index in [2.05, 4.69) is 55.5 Å². The highest BCUT2D eigenvalue weighted by molar-refractivity contribution is 9.13. The first-order valence-corrected chi connectivity index (χ1v) is 9.22. The molecular weight excluding hydrogens is 416 g/mol. The summed E-state index contributed by atoms with van der Waals surface area (Å²) in [4.78, 5) is 1.24. The van der Waals surface area contributed by atoms with Crippen molar-refractivity contribution in [1.29, 1.82) is 0 Å². The van der Waals surface area contributed by atoms with Crippen LogP contribution in [0.15, 0.2) is 38.6 Å². The van der Waals surface area contributed by atoms with Crippen molar-refractivity contribution >= 4 is 43.2 Å². The molecule has 0 saturated heterocycles. The molecular formula is C15H16Br2N2OS. The summed E-state index contributed by atoms with van der Waals surface area (Å²) in [6.07, 6.45) is 2.00. The van der Waals surface area contributed by atoms with E-state index < -0.39 is 0 Å². The summed E-state index contributed by atoms with van der Waals surface area (Å²) in [5, 5.41) is 0. The van der Waals surface area contributed by atoms with Gasteiger partial charge in [-0.15, -0.1) is 11.3 Å². The van der Waals surface area contributed by atoms with Crippen LogP contribution < -0.4 is 16.0 Å². The first kappa shape index (κ1) is 15.5. The van der Waals surface area contributed by atoms with Crippen LogP contribution >= 0.6 is 43.2 Å². The number of benzene rings is 1. The number of fused-ring (bicyclic) bond motifs is 1. The molecule has 1 aliphatic heterocycles. The van der Waals surface area contributed by atoms with Gasteiger partial charge in [0, 0.05) is 9.35 Å². The molecule has 0 radical (unpaired) electrons. The van der Waals surface area contributed by atoms with Gasteiger partial charge in [0.15, 0.2) is 0 Å². The molecule has 2 unspecified atom stereocenters. The Balaban J connectivity index is 1.82. The summed E-state index contributed by atoms with van der Waals surface area (Å²) in [5.41, 5.74) is 4.26. The van der Waals surface area contributed by atoms with Gasteiger partial charge in [-0.3, -0.25) is 11.3 Å². The zero-order valence-corrected chi connectivity index (χ0v) is 15.3. The predicted octanol–water partition coefficient (Wildman–Crippen LogP) is 4.73. The van der Waals surface area contributed by atoms with Crippen LogP contribution in [0.2, 0.25) is 0 Å². The number of nitrogens with two attached hydrogens (primary N) is 1. The van der Waals surface area contributed by atoms with E-state index in [-0.39, 0.29) is 6.04 Å². The first-order chi connectivity index (χ1) is 10.2. The summed E-state index contributed by atoms with van der Waals surface area (Å²) >= 11 is 8.80. The summed E-state index contributed by atoms with van der Waals surface area (Å²) in [5.74, 6) is 7.28. The third-order valence-corrected chi connectivity index (χ3v) is 7.18. The van der Waals surface area contributed by atoms with E-state index in [0.29, 0.717) is 5.92 Å². The molecule has 3 rings (SSSR count). The van der Waals surface area contributed by atoms with Crippen molar-refractivity contribution in [2.75, 3.05) is 6.61 Å². The molecule has 1 aromatic heterocycles. The lowest BCUT2D eigenvalue weighted by Crippen LogP contribution is -2.29. The monoisotopic (exact) mass is 430 g/mol. The number of hydrazine groups is 1. The van der Waals surface area contributed by atoms with E-state index in [1.807, 2.05) is 12.1 Å². The Morgan fingerprint density at radius 2 is 2.19 bits per heavy atom. The van der Waals surface area contributed by atoms with Crippen LogP contribution in [-0.2, 0) is 0 Å². The molecule has 3 nitrogen and oxygen atoms in total. The molecule has 0 aliphatic carbocycles. The lowest BCUT2D eigenvalue weighted by Gasteiger charge is -2.28. The molecule has 0 fully saturated rings. The Kier molecular flexibility index (Phi) is 5.01. The smallest absolute Gasteiger partial charge is 0.122 e. The molecule has 0 saturated carbocycles. The summed E-state index contributed by atoms with van der Waals surface area (Å²) < 4.78 is 7.91. The summed E-state index contributed by atoms with van der Waals surface area (Å²) in [6.45, 7) is 0.775. The average molecular weight is 432 g/mol. The third kappa shape index (κ3) is 3.35. The zero-order valence-electron chi connectivity index (χ0n) is 11.3. The maximum atomic E-state index is 5.80. The van der Waals surface area contributed by atoms with Gasteiger partial charge in [-0.1, -0.05) is 18.2 Å². The Bertz CT molecular complexity index is 612. The van der Waals surface area contributed by atoms with E-state index in [4.69, 9.17) is 10.6 Å². The summed E-state index contributed by atoms with van der Waals surface area (Å²) in [6, 6.07) is 10.6. The van der Waals surface area contributed by atoms with Crippen LogP contribution in [0.3, 0.4) is 0 Å². The Morgan fingerprint density at radius 1 is 1.38 bits per heavy atom. The van der Waals surface area contributed by atoms with Gasteiger partial charge in [0.1, 0.15) is 5.75 Å². The molecule has 112 valence electrons. The number of rotatable bonds is 4. The molecule has 2 aromatic rings. The lowest BCUT2D eigenvalue weighted by atomic mass is 9.87. The Labute approximate surface area is 145 Å². The molecule has 0 amide bonds. The molecule has 2 heterocycles. The van der Waals surface area contributed by atoms with Crippen LogP contribution in [0.1, 0.15) is 35.2 Å². The van der Waals surface area contributed by atoms with Crippen LogP contribution in [0, 0.1) is 0 Å². The van der Waals surface area contributed by atoms with Gasteiger partial charge in [-0.2, -0.15) is 0 Å². The fourth-order valence-corrected chi connectivity index (χ4v) is 4.91. The topological polar surface area (TPSA) is 47.3 Å². The Hall–Kier alpha value is -0.400. The quantitative estimate of drug-likeness (QED) is 0.543. The average Bonchev–Trinajstić information content (AvgIpc) is 2.84. The van der Waals surface area contributed by atoms with Gasteiger partial charge in [-0.05, 0) is 68.3 Å². The highest BCUT2D eigenvalue weighted by Gasteiger charge is 2.25. The van der Waals surface area contributed by atoms with Crippen LogP contribution in [0.4, 0.5) is 0 Å². The molecule has 1 aromatic carbocycles. The highest BCUT2D eigenvalue weighted by atomic mass is 79.9. The van der Waals surface area contributed by atoms with Crippen molar-refractivity contribution in [2.24, 2.45) is 5.84 Å². The van der Waals surface area contributed by atoms with Crippen molar-refractivity contribution in [3.63, 3.8) is 0 Å². The number of hydrogen-bond donors (Lipinski definition) is 2. The first-order valence-electron chi connectivity index (χ1n) is 6.81. The predicted molar refractivity (Wildman–Crippen MR) is 93.7 cm³/mol. The zero-order chi connectivity index (χ0) is 14.8. The van der Waals surface area contributed by atoms with E-state index in [1.54, 1.807) is 11.3 Å². The van der Waals surface area contributed by atoms with Crippen molar-refractivity contribution in [1.82, 2.24) is 5.43 Å². The normalized spacial score (nSPS) is 18.9. The molecule has 0 spiro atoms. The fourth-order valence-electron chi connectivity index (χ4n) is 2.75. The lowest BCUT2D eigenvalue weighted by molar-refractivity contribution is 0.255. The van der Waals surface area contributed by atoms with Gasteiger partial charge >= 0.3 is 0 Å². The van der Waals surface area contributed by atoms with E-state index >= 15 is 0 Å². The fraction of sp³-hybridized carbons (Fsp3) is 0.333. The van der Waals surface area contributed by atoms with E-state index in [1.165, 1.54) is 10.4 Å². The van der Waals surface area contributed by atoms with Crippen LogP contribution in [-0.4, -0.2) is 6.61 Å². The largest absolute Gasteiger partial charge is 0.493 e. The second-order valence-electron chi connectivity index (χ2n) is 5.10. The van der Waals surface area contributed by atoms with E-state index in [0.717, 1.165) is 33.5 Å². The number of halogens is 2. The van der Waals surface area contributed by atoms with Crippen LogP contribution in [0.25, 0.3) is 0 Å². The van der Waals surface area contributed by atoms with Gasteiger partial charge in [0.05, 0.1) is 16.4 Å². The van der Waals surface area contributed by atoms with Gasteiger partial charge in [-0.25, -0.2) is 0 Å². The van der Waals surface area contributed by atoms with Crippen molar-refractivity contribution in [2.45, 2.75) is 24.8 Å². The third-order valence-electron chi connectivity index (χ3n) is 3.81. The minimum atomic E-state index is 0.147. The van der Waals surface area contributed by atoms with Crippen molar-refractivity contribution in [3.8, 4) is 5.75 Å². The number of ether oxygens (including phenoxy) is 1. The number of para-hydroxylation sites is 1. The van der Waals surface area contributed by atoms with E-state index in [9.17, 15) is 0 Å². The minimum Gasteiger partial charge on any atom is -0.493 e. The Morgan fingerprint density at radius 3 is 2.90 bits per heavy atom. The second-order valence-corrected chi connectivity index (χ2v) is 8.35. The van der Waals surface area contributed by atoms with Crippen LogP contribution in [0.5, 0.6) is 5.75 Å². The maximum absolute atomic E-state index is 5.80. The second kappa shape index (κ2) is 6.79. The van der Waals surface area contributed by atoms with Crippen molar-refractivity contribution < 1.29 is 4.74 Å². The van der Waals surface area contributed by atoms with Crippen molar-refractivity contribution in [3.05, 3.63) is 49.0 Å². The SMILES string of the molecule is NNC(CC1CCOc2ccccc21)c1cc(Br)c(Br)s1. The molecule has 2 atom stereocenters. The molecule has 3 N–H and O–H groups in total. The minimum absolute atomic E-state index is 0.147. The standard InChI is InChI=1S/C15H16Br2N2OS/c16-11-8-14(21-15(11)17)12(19-18)7-9-5-6-20-13-4-2-1-3-10(9)13/h1-4,8-9,12,19H,5-7,18H2. The van der Waals surface area contributed by atoms with Gasteiger partial charge < -0.3 is 4.74 Å². The molecule has 0 bridgehead atoms. The summed E-state index contributed by atoms with van der Waals surface area (Å²) in [7, 11) is 0. The molecule has 6 heteroatoms. The van der Waals surface area contributed by atoms with Gasteiger partial charge in [0.2, 0.25) is 0 Å². The van der Waals surface area contributed by atoms with Gasteiger partial charge in [0.25, 0.3) is 0 Å². The number of thiophene rings is 1. The maximum Gasteiger partial charge on any atom is 0.122 e. The number of nitrogens with one attached hydrogen (secondary N) is 1. The molecule has 1 aliphatic rings.